The lowest BCUT2D eigenvalue weighted by atomic mass is 10.3. The molecule has 1 aromatic carbocycles. The van der Waals surface area contributed by atoms with Crippen molar-refractivity contribution in [3.8, 4) is 5.75 Å². The number of ether oxygens (including phenoxy) is 2. The molecule has 0 aliphatic rings. The highest BCUT2D eigenvalue weighted by Gasteiger charge is 2.07. The number of nitrogens with zero attached hydrogens (tertiary/aromatic N) is 2. The van der Waals surface area contributed by atoms with Gasteiger partial charge in [0.1, 0.15) is 18.2 Å². The highest BCUT2D eigenvalue weighted by Crippen LogP contribution is 2.20. The first-order valence-electron chi connectivity index (χ1n) is 6.55. The molecule has 0 aliphatic heterocycles. The van der Waals surface area contributed by atoms with Gasteiger partial charge in [0.2, 0.25) is 5.95 Å². The third kappa shape index (κ3) is 4.40. The van der Waals surface area contributed by atoms with Gasteiger partial charge in [0.05, 0.1) is 28.5 Å². The van der Waals surface area contributed by atoms with E-state index in [1.807, 2.05) is 24.3 Å². The van der Waals surface area contributed by atoms with E-state index >= 15 is 0 Å². The number of nitrogens with one attached hydrogen (secondary N) is 1. The van der Waals surface area contributed by atoms with Crippen LogP contribution in [-0.4, -0.2) is 40.8 Å². The van der Waals surface area contributed by atoms with Gasteiger partial charge in [0.25, 0.3) is 0 Å². The van der Waals surface area contributed by atoms with Gasteiger partial charge >= 0.3 is 0 Å². The minimum absolute atomic E-state index is 0.206. The lowest BCUT2D eigenvalue weighted by molar-refractivity contribution is 0.146. The molecule has 7 nitrogen and oxygen atoms in total. The van der Waals surface area contributed by atoms with Gasteiger partial charge in [-0.1, -0.05) is 0 Å². The topological polar surface area (TPSA) is 99.4 Å². The second-order valence-electron chi connectivity index (χ2n) is 4.39. The van der Waals surface area contributed by atoms with Crippen molar-refractivity contribution < 1.29 is 13.7 Å². The van der Waals surface area contributed by atoms with Crippen LogP contribution in [0.15, 0.2) is 35.4 Å². The van der Waals surface area contributed by atoms with Gasteiger partial charge in [0.15, 0.2) is 0 Å². The third-order valence-electron chi connectivity index (χ3n) is 2.76. The average Bonchev–Trinajstić information content (AvgIpc) is 2.49. The van der Waals surface area contributed by atoms with Gasteiger partial charge in [0, 0.05) is 19.1 Å². The quantitative estimate of drug-likeness (QED) is 0.746. The molecule has 22 heavy (non-hydrogen) atoms. The molecule has 0 saturated carbocycles. The molecule has 0 bridgehead atoms. The van der Waals surface area contributed by atoms with Gasteiger partial charge in [-0.3, -0.25) is 4.21 Å². The van der Waals surface area contributed by atoms with E-state index in [0.717, 1.165) is 11.4 Å². The van der Waals surface area contributed by atoms with Crippen molar-refractivity contribution >= 4 is 28.3 Å². The van der Waals surface area contributed by atoms with Crippen LogP contribution in [0.4, 0.5) is 17.5 Å². The second-order valence-corrected chi connectivity index (χ2v) is 5.74. The number of hydrogen-bond acceptors (Lipinski definition) is 7. The number of hydrogen-bond donors (Lipinski definition) is 2. The van der Waals surface area contributed by atoms with Crippen molar-refractivity contribution in [2.24, 2.45) is 0 Å². The normalized spacial score (nSPS) is 11.9. The Labute approximate surface area is 131 Å². The van der Waals surface area contributed by atoms with Crippen LogP contribution >= 0.6 is 0 Å². The molecule has 1 atom stereocenters. The maximum atomic E-state index is 11.4. The molecular weight excluding hydrogens is 304 g/mol. The lowest BCUT2D eigenvalue weighted by Crippen LogP contribution is -2.05. The first-order chi connectivity index (χ1) is 10.6. The molecule has 0 spiro atoms. The summed E-state index contributed by atoms with van der Waals surface area (Å²) in [5.74, 6) is 1.30. The van der Waals surface area contributed by atoms with Gasteiger partial charge < -0.3 is 20.5 Å². The number of nitrogen functional groups attached to an aromatic ring is 1. The van der Waals surface area contributed by atoms with Crippen molar-refractivity contribution in [1.82, 2.24) is 9.97 Å². The average molecular weight is 322 g/mol. The van der Waals surface area contributed by atoms with Crippen LogP contribution in [0, 0.1) is 0 Å². The Kier molecular flexibility index (Phi) is 5.68. The summed E-state index contributed by atoms with van der Waals surface area (Å²) in [5, 5.41) is 3.02. The standard InChI is InChI=1S/C14H18N4O3S/c1-20-7-8-21-11-5-3-10(4-6-11)17-14-16-9-12(22(2)19)13(15)18-14/h3-6,9H,7-8H2,1-2H3,(H3,15,16,17,18). The van der Waals surface area contributed by atoms with Crippen LogP contribution in [0.1, 0.15) is 0 Å². The molecule has 0 fully saturated rings. The first kappa shape index (κ1) is 16.2. The Hall–Kier alpha value is -2.19. The number of rotatable bonds is 7. The first-order valence-corrected chi connectivity index (χ1v) is 8.10. The van der Waals surface area contributed by atoms with Gasteiger partial charge in [-0.05, 0) is 24.3 Å². The monoisotopic (exact) mass is 322 g/mol. The van der Waals surface area contributed by atoms with E-state index in [2.05, 4.69) is 15.3 Å². The van der Waals surface area contributed by atoms with Crippen LogP contribution in [0.25, 0.3) is 0 Å². The SMILES string of the molecule is COCCOc1ccc(Nc2ncc(S(C)=O)c(N)n2)cc1. The van der Waals surface area contributed by atoms with Crippen molar-refractivity contribution in [2.45, 2.75) is 4.90 Å². The summed E-state index contributed by atoms with van der Waals surface area (Å²) >= 11 is 0. The lowest BCUT2D eigenvalue weighted by Gasteiger charge is -2.09. The van der Waals surface area contributed by atoms with Crippen LogP contribution < -0.4 is 15.8 Å². The molecule has 8 heteroatoms. The Morgan fingerprint density at radius 2 is 2.00 bits per heavy atom. The Morgan fingerprint density at radius 1 is 1.27 bits per heavy atom. The molecule has 2 rings (SSSR count). The zero-order valence-electron chi connectivity index (χ0n) is 12.4. The van der Waals surface area contributed by atoms with E-state index in [1.165, 1.54) is 12.5 Å². The van der Waals surface area contributed by atoms with Gasteiger partial charge in [-0.2, -0.15) is 4.98 Å². The molecule has 1 heterocycles. The molecule has 0 saturated heterocycles. The van der Waals surface area contributed by atoms with E-state index in [-0.39, 0.29) is 5.82 Å². The molecule has 0 aliphatic carbocycles. The molecule has 1 unspecified atom stereocenters. The fourth-order valence-electron chi connectivity index (χ4n) is 1.67. The molecule has 1 aromatic heterocycles. The van der Waals surface area contributed by atoms with Crippen molar-refractivity contribution in [1.29, 1.82) is 0 Å². The number of anilines is 3. The zero-order chi connectivity index (χ0) is 15.9. The summed E-state index contributed by atoms with van der Waals surface area (Å²) in [6.45, 7) is 1.04. The smallest absolute Gasteiger partial charge is 0.229 e. The van der Waals surface area contributed by atoms with Crippen LogP contribution in [-0.2, 0) is 15.5 Å². The molecule has 118 valence electrons. The Balaban J connectivity index is 2.01. The van der Waals surface area contributed by atoms with Crippen molar-refractivity contribution in [2.75, 3.05) is 37.6 Å². The van der Waals surface area contributed by atoms with Crippen molar-refractivity contribution in [3.63, 3.8) is 0 Å². The van der Waals surface area contributed by atoms with E-state index in [4.69, 9.17) is 15.2 Å². The van der Waals surface area contributed by atoms with Crippen molar-refractivity contribution in [3.05, 3.63) is 30.5 Å². The minimum Gasteiger partial charge on any atom is -0.491 e. The highest BCUT2D eigenvalue weighted by atomic mass is 32.2. The predicted molar refractivity (Wildman–Crippen MR) is 85.9 cm³/mol. The Morgan fingerprint density at radius 3 is 2.59 bits per heavy atom. The van der Waals surface area contributed by atoms with E-state index in [1.54, 1.807) is 7.11 Å². The number of aromatic nitrogens is 2. The summed E-state index contributed by atoms with van der Waals surface area (Å²) < 4.78 is 21.8. The number of methoxy groups -OCH3 is 1. The molecule has 0 radical (unpaired) electrons. The fraction of sp³-hybridized carbons (Fsp3) is 0.286. The molecule has 0 amide bonds. The molecular formula is C14H18N4O3S. The van der Waals surface area contributed by atoms with Gasteiger partial charge in [-0.25, -0.2) is 4.98 Å². The zero-order valence-corrected chi connectivity index (χ0v) is 13.2. The maximum absolute atomic E-state index is 11.4. The minimum atomic E-state index is -1.21. The van der Waals surface area contributed by atoms with Crippen LogP contribution in [0.5, 0.6) is 5.75 Å². The summed E-state index contributed by atoms with van der Waals surface area (Å²) in [6.07, 6.45) is 2.99. The van der Waals surface area contributed by atoms with E-state index < -0.39 is 10.8 Å². The summed E-state index contributed by atoms with van der Waals surface area (Å²) in [7, 11) is 0.419. The molecule has 3 N–H and O–H groups in total. The van der Waals surface area contributed by atoms with Crippen LogP contribution in [0.2, 0.25) is 0 Å². The predicted octanol–water partition coefficient (Wildman–Crippen LogP) is 1.56. The fourth-order valence-corrected chi connectivity index (χ4v) is 2.21. The number of benzene rings is 1. The van der Waals surface area contributed by atoms with E-state index in [0.29, 0.717) is 24.1 Å². The van der Waals surface area contributed by atoms with E-state index in [9.17, 15) is 4.21 Å². The summed E-state index contributed by atoms with van der Waals surface area (Å²) in [5.41, 5.74) is 6.55. The highest BCUT2D eigenvalue weighted by molar-refractivity contribution is 7.84. The van der Waals surface area contributed by atoms with Gasteiger partial charge in [-0.15, -0.1) is 0 Å². The summed E-state index contributed by atoms with van der Waals surface area (Å²) in [6, 6.07) is 7.34. The summed E-state index contributed by atoms with van der Waals surface area (Å²) in [4.78, 5) is 8.61. The number of nitrogens with two attached hydrogens (primary N) is 1. The third-order valence-corrected chi connectivity index (χ3v) is 3.69. The largest absolute Gasteiger partial charge is 0.491 e. The van der Waals surface area contributed by atoms with Crippen LogP contribution in [0.3, 0.4) is 0 Å². The second kappa shape index (κ2) is 7.71. The molecule has 2 aromatic rings. The Bertz CT molecular complexity index is 649. The maximum Gasteiger partial charge on any atom is 0.229 e.